The zero-order valence-corrected chi connectivity index (χ0v) is 12.7. The molecule has 0 spiro atoms. The Morgan fingerprint density at radius 2 is 1.90 bits per heavy atom. The first-order valence-electron chi connectivity index (χ1n) is 7.20. The average Bonchev–Trinajstić information content (AvgIpc) is 2.34. The minimum Gasteiger partial charge on any atom is -0.354 e. The number of rotatable bonds is 5. The van der Waals surface area contributed by atoms with E-state index in [2.05, 4.69) is 5.32 Å². The van der Waals surface area contributed by atoms with E-state index in [1.807, 2.05) is 13.8 Å². The van der Waals surface area contributed by atoms with Crippen LogP contribution in [0.5, 0.6) is 0 Å². The lowest BCUT2D eigenvalue weighted by atomic mass is 9.78. The highest BCUT2D eigenvalue weighted by Crippen LogP contribution is 2.41. The van der Waals surface area contributed by atoms with Gasteiger partial charge in [-0.05, 0) is 25.2 Å². The van der Waals surface area contributed by atoms with Crippen molar-refractivity contribution in [1.29, 1.82) is 0 Å². The first-order chi connectivity index (χ1) is 9.21. The molecule has 0 aliphatic heterocycles. The lowest BCUT2D eigenvalue weighted by Crippen LogP contribution is -2.44. The van der Waals surface area contributed by atoms with Gasteiger partial charge >= 0.3 is 6.18 Å². The van der Waals surface area contributed by atoms with Crippen molar-refractivity contribution in [2.75, 3.05) is 6.54 Å². The molecular formula is C14H23ClF3NO. The van der Waals surface area contributed by atoms with Gasteiger partial charge in [0.15, 0.2) is 0 Å². The lowest BCUT2D eigenvalue weighted by Gasteiger charge is -2.32. The Hall–Kier alpha value is -0.450. The van der Waals surface area contributed by atoms with Crippen LogP contribution in [0.15, 0.2) is 0 Å². The van der Waals surface area contributed by atoms with E-state index in [0.29, 0.717) is 25.2 Å². The summed E-state index contributed by atoms with van der Waals surface area (Å²) in [5.41, 5.74) is 0. The van der Waals surface area contributed by atoms with Crippen LogP contribution < -0.4 is 5.32 Å². The fourth-order valence-corrected chi connectivity index (χ4v) is 3.21. The van der Waals surface area contributed by atoms with Crippen LogP contribution in [-0.2, 0) is 4.79 Å². The summed E-state index contributed by atoms with van der Waals surface area (Å²) in [6.45, 7) is 4.26. The second kappa shape index (κ2) is 7.53. The maximum atomic E-state index is 12.9. The summed E-state index contributed by atoms with van der Waals surface area (Å²) in [7, 11) is 0. The number of carbonyl (C=O) groups excluding carboxylic acids is 1. The van der Waals surface area contributed by atoms with Crippen LogP contribution in [-0.4, -0.2) is 24.0 Å². The number of hydrogen-bond donors (Lipinski definition) is 1. The minimum atomic E-state index is -4.29. The van der Waals surface area contributed by atoms with E-state index in [1.54, 1.807) is 0 Å². The topological polar surface area (TPSA) is 29.1 Å². The third-order valence-electron chi connectivity index (χ3n) is 3.75. The summed E-state index contributed by atoms with van der Waals surface area (Å²) >= 11 is 6.05. The first-order valence-corrected chi connectivity index (χ1v) is 7.64. The maximum Gasteiger partial charge on any atom is 0.392 e. The molecule has 0 heterocycles. The molecule has 1 rings (SSSR count). The van der Waals surface area contributed by atoms with Gasteiger partial charge in [0, 0.05) is 12.5 Å². The van der Waals surface area contributed by atoms with Crippen molar-refractivity contribution >= 4 is 17.5 Å². The zero-order chi connectivity index (χ0) is 15.3. The largest absolute Gasteiger partial charge is 0.392 e. The first kappa shape index (κ1) is 17.6. The predicted octanol–water partition coefficient (Wildman–Crippen LogP) is 4.12. The highest BCUT2D eigenvalue weighted by molar-refractivity contribution is 6.20. The molecule has 3 unspecified atom stereocenters. The summed E-state index contributed by atoms with van der Waals surface area (Å²) in [4.78, 5) is 12.0. The van der Waals surface area contributed by atoms with Gasteiger partial charge in [-0.1, -0.05) is 26.7 Å². The van der Waals surface area contributed by atoms with E-state index in [0.717, 1.165) is 6.42 Å². The molecule has 1 aliphatic rings. The average molecular weight is 314 g/mol. The Kier molecular flexibility index (Phi) is 6.62. The second-order valence-electron chi connectivity index (χ2n) is 6.01. The van der Waals surface area contributed by atoms with Gasteiger partial charge in [0.25, 0.3) is 0 Å². The summed E-state index contributed by atoms with van der Waals surface area (Å²) in [5, 5.41) is 2.36. The minimum absolute atomic E-state index is 0.0535. The molecule has 0 saturated heterocycles. The van der Waals surface area contributed by atoms with E-state index in [-0.39, 0.29) is 18.3 Å². The Bertz CT molecular complexity index is 320. The number of hydrogen-bond acceptors (Lipinski definition) is 1. The van der Waals surface area contributed by atoms with Gasteiger partial charge in [-0.2, -0.15) is 13.2 Å². The van der Waals surface area contributed by atoms with E-state index in [9.17, 15) is 18.0 Å². The Labute approximate surface area is 123 Å². The van der Waals surface area contributed by atoms with Gasteiger partial charge in [0.05, 0.1) is 11.3 Å². The molecule has 1 fully saturated rings. The van der Waals surface area contributed by atoms with Gasteiger partial charge in [-0.3, -0.25) is 4.79 Å². The van der Waals surface area contributed by atoms with Crippen molar-refractivity contribution in [2.45, 2.75) is 57.5 Å². The molecule has 1 N–H and O–H groups in total. The van der Waals surface area contributed by atoms with Crippen molar-refractivity contribution in [3.8, 4) is 0 Å². The summed E-state index contributed by atoms with van der Waals surface area (Å²) in [5.74, 6) is -2.56. The fraction of sp³-hybridized carbons (Fsp3) is 0.929. The van der Waals surface area contributed by atoms with Crippen molar-refractivity contribution in [3.63, 3.8) is 0 Å². The Morgan fingerprint density at radius 3 is 2.45 bits per heavy atom. The summed E-state index contributed by atoms with van der Waals surface area (Å²) in [6.07, 6.45) is -1.97. The molecule has 0 radical (unpaired) electrons. The number of carbonyl (C=O) groups is 1. The number of nitrogens with one attached hydrogen (secondary N) is 1. The van der Waals surface area contributed by atoms with Crippen LogP contribution in [0, 0.1) is 17.8 Å². The van der Waals surface area contributed by atoms with Crippen molar-refractivity contribution in [2.24, 2.45) is 17.8 Å². The van der Waals surface area contributed by atoms with Gasteiger partial charge < -0.3 is 5.32 Å². The van der Waals surface area contributed by atoms with Gasteiger partial charge in [-0.15, -0.1) is 11.6 Å². The molecule has 6 heteroatoms. The van der Waals surface area contributed by atoms with Gasteiger partial charge in [0.1, 0.15) is 0 Å². The van der Waals surface area contributed by atoms with E-state index in [4.69, 9.17) is 11.6 Å². The van der Waals surface area contributed by atoms with Crippen LogP contribution >= 0.6 is 11.6 Å². The third-order valence-corrected chi connectivity index (χ3v) is 4.08. The molecule has 1 amide bonds. The molecule has 1 aliphatic carbocycles. The maximum absolute atomic E-state index is 12.9. The Balaban J connectivity index is 2.52. The van der Waals surface area contributed by atoms with Crippen molar-refractivity contribution in [3.05, 3.63) is 0 Å². The predicted molar refractivity (Wildman–Crippen MR) is 73.6 cm³/mol. The molecule has 3 atom stereocenters. The molecule has 0 aromatic carbocycles. The Morgan fingerprint density at radius 1 is 1.30 bits per heavy atom. The molecule has 0 bridgehead atoms. The molecule has 20 heavy (non-hydrogen) atoms. The molecular weight excluding hydrogens is 291 g/mol. The SMILES string of the molecule is CC(C)CC(Cl)CNC(=O)C1CCCCC1C(F)(F)F. The normalized spacial score (nSPS) is 25.6. The monoisotopic (exact) mass is 313 g/mol. The molecule has 118 valence electrons. The molecule has 1 saturated carbocycles. The van der Waals surface area contributed by atoms with Crippen molar-refractivity contribution in [1.82, 2.24) is 5.32 Å². The number of halogens is 4. The third kappa shape index (κ3) is 5.51. The smallest absolute Gasteiger partial charge is 0.354 e. The second-order valence-corrected chi connectivity index (χ2v) is 6.63. The molecule has 0 aromatic rings. The highest BCUT2D eigenvalue weighted by Gasteiger charge is 2.47. The van der Waals surface area contributed by atoms with Crippen LogP contribution in [0.1, 0.15) is 46.0 Å². The highest BCUT2D eigenvalue weighted by atomic mass is 35.5. The van der Waals surface area contributed by atoms with E-state index < -0.39 is 23.9 Å². The summed E-state index contributed by atoms with van der Waals surface area (Å²) < 4.78 is 38.7. The van der Waals surface area contributed by atoms with Crippen molar-refractivity contribution < 1.29 is 18.0 Å². The van der Waals surface area contributed by atoms with E-state index >= 15 is 0 Å². The van der Waals surface area contributed by atoms with Gasteiger partial charge in [0.2, 0.25) is 5.91 Å². The summed E-state index contributed by atoms with van der Waals surface area (Å²) in [6, 6.07) is 0. The van der Waals surface area contributed by atoms with Crippen LogP contribution in [0.3, 0.4) is 0 Å². The van der Waals surface area contributed by atoms with Gasteiger partial charge in [-0.25, -0.2) is 0 Å². The van der Waals surface area contributed by atoms with Crippen LogP contribution in [0.25, 0.3) is 0 Å². The standard InChI is InChI=1S/C14H23ClF3NO/c1-9(2)7-10(15)8-19-13(20)11-5-3-4-6-12(11)14(16,17)18/h9-12H,3-8H2,1-2H3,(H,19,20). The number of alkyl halides is 4. The lowest BCUT2D eigenvalue weighted by molar-refractivity contribution is -0.198. The number of amides is 1. The fourth-order valence-electron chi connectivity index (χ4n) is 2.77. The quantitative estimate of drug-likeness (QED) is 0.760. The molecule has 0 aromatic heterocycles. The van der Waals surface area contributed by atoms with Crippen LogP contribution in [0.4, 0.5) is 13.2 Å². The van der Waals surface area contributed by atoms with Crippen LogP contribution in [0.2, 0.25) is 0 Å². The van der Waals surface area contributed by atoms with E-state index in [1.165, 1.54) is 0 Å². The molecule has 2 nitrogen and oxygen atoms in total. The zero-order valence-electron chi connectivity index (χ0n) is 12.0.